The van der Waals surface area contributed by atoms with Crippen LogP contribution in [0.1, 0.15) is 12.8 Å². The standard InChI is InChI=1S/C6H6O3.C4H8O/c7-6(8)5-1-3-9-4-2-5;1-2-4-5-3-1/h1-3H,4H2,(H,7,8);1-4H2. The van der Waals surface area contributed by atoms with Crippen LogP contribution in [-0.4, -0.2) is 30.9 Å². The molecule has 1 saturated heterocycles. The van der Waals surface area contributed by atoms with Gasteiger partial charge in [0.2, 0.25) is 0 Å². The summed E-state index contributed by atoms with van der Waals surface area (Å²) in [7, 11) is 0. The van der Waals surface area contributed by atoms with Gasteiger partial charge in [0.15, 0.2) is 0 Å². The van der Waals surface area contributed by atoms with Gasteiger partial charge in [-0.25, -0.2) is 4.79 Å². The smallest absolute Gasteiger partial charge is 0.335 e. The zero-order valence-electron chi connectivity index (χ0n) is 7.94. The lowest BCUT2D eigenvalue weighted by Gasteiger charge is -2.01. The summed E-state index contributed by atoms with van der Waals surface area (Å²) in [6, 6.07) is 0. The molecule has 0 aromatic carbocycles. The van der Waals surface area contributed by atoms with Gasteiger partial charge in [0.1, 0.15) is 6.61 Å². The molecule has 2 aliphatic rings. The fourth-order valence-corrected chi connectivity index (χ4v) is 1.05. The van der Waals surface area contributed by atoms with Crippen LogP contribution in [0.4, 0.5) is 0 Å². The highest BCUT2D eigenvalue weighted by Gasteiger charge is 2.04. The third-order valence-electron chi connectivity index (χ3n) is 1.82. The molecular weight excluding hydrogens is 184 g/mol. The predicted molar refractivity (Wildman–Crippen MR) is 50.9 cm³/mol. The second-order valence-electron chi connectivity index (χ2n) is 2.92. The Kier molecular flexibility index (Phi) is 4.78. The van der Waals surface area contributed by atoms with Gasteiger partial charge in [-0.05, 0) is 25.0 Å². The summed E-state index contributed by atoms with van der Waals surface area (Å²) in [5.41, 5.74) is 0.293. The fraction of sp³-hybridized carbons (Fsp3) is 0.500. The molecule has 0 bridgehead atoms. The third kappa shape index (κ3) is 4.09. The highest BCUT2D eigenvalue weighted by Crippen LogP contribution is 2.02. The SMILES string of the molecule is C1CCOC1.O=C(O)C1=CCOC=C1. The quantitative estimate of drug-likeness (QED) is 0.690. The van der Waals surface area contributed by atoms with Crippen LogP contribution in [0.15, 0.2) is 24.0 Å². The van der Waals surface area contributed by atoms with Gasteiger partial charge in [0.05, 0.1) is 11.8 Å². The molecule has 0 radical (unpaired) electrons. The Morgan fingerprint density at radius 2 is 2.07 bits per heavy atom. The van der Waals surface area contributed by atoms with Crippen molar-refractivity contribution in [2.75, 3.05) is 19.8 Å². The van der Waals surface area contributed by atoms with E-state index in [9.17, 15) is 4.79 Å². The normalized spacial score (nSPS) is 19.0. The Morgan fingerprint density at radius 3 is 2.36 bits per heavy atom. The van der Waals surface area contributed by atoms with Crippen molar-refractivity contribution in [2.45, 2.75) is 12.8 Å². The van der Waals surface area contributed by atoms with Crippen LogP contribution in [0.2, 0.25) is 0 Å². The lowest BCUT2D eigenvalue weighted by atomic mass is 10.2. The van der Waals surface area contributed by atoms with Crippen molar-refractivity contribution in [3.63, 3.8) is 0 Å². The number of hydrogen-bond donors (Lipinski definition) is 1. The Balaban J connectivity index is 0.000000165. The van der Waals surface area contributed by atoms with Crippen molar-refractivity contribution in [1.29, 1.82) is 0 Å². The van der Waals surface area contributed by atoms with Crippen molar-refractivity contribution >= 4 is 5.97 Å². The number of hydrogen-bond acceptors (Lipinski definition) is 3. The molecule has 0 amide bonds. The lowest BCUT2D eigenvalue weighted by molar-refractivity contribution is -0.132. The van der Waals surface area contributed by atoms with Crippen molar-refractivity contribution in [2.24, 2.45) is 0 Å². The van der Waals surface area contributed by atoms with E-state index >= 15 is 0 Å². The molecule has 0 saturated carbocycles. The average molecular weight is 198 g/mol. The molecule has 1 fully saturated rings. The van der Waals surface area contributed by atoms with Crippen LogP contribution in [0.5, 0.6) is 0 Å². The van der Waals surface area contributed by atoms with Gasteiger partial charge < -0.3 is 14.6 Å². The maximum absolute atomic E-state index is 10.2. The van der Waals surface area contributed by atoms with E-state index in [1.54, 1.807) is 0 Å². The predicted octanol–water partition coefficient (Wildman–Crippen LogP) is 1.34. The first-order valence-electron chi connectivity index (χ1n) is 4.60. The molecule has 2 heterocycles. The number of carbonyl (C=O) groups is 1. The fourth-order valence-electron chi connectivity index (χ4n) is 1.05. The number of aliphatic carboxylic acids is 1. The van der Waals surface area contributed by atoms with E-state index in [2.05, 4.69) is 0 Å². The highest BCUT2D eigenvalue weighted by molar-refractivity contribution is 5.89. The summed E-state index contributed by atoms with van der Waals surface area (Å²) in [6.45, 7) is 2.36. The molecule has 78 valence electrons. The third-order valence-corrected chi connectivity index (χ3v) is 1.82. The summed E-state index contributed by atoms with van der Waals surface area (Å²) < 4.78 is 9.67. The van der Waals surface area contributed by atoms with Crippen LogP contribution in [0.25, 0.3) is 0 Å². The summed E-state index contributed by atoms with van der Waals surface area (Å²) in [5.74, 6) is -0.908. The van der Waals surface area contributed by atoms with E-state index in [0.717, 1.165) is 13.2 Å². The minimum atomic E-state index is -0.908. The van der Waals surface area contributed by atoms with Crippen LogP contribution >= 0.6 is 0 Å². The molecule has 2 rings (SSSR count). The van der Waals surface area contributed by atoms with Crippen LogP contribution < -0.4 is 0 Å². The molecule has 0 aromatic heterocycles. The average Bonchev–Trinajstić information content (AvgIpc) is 2.77. The minimum Gasteiger partial charge on any atom is -0.497 e. The first-order chi connectivity index (χ1) is 6.80. The molecule has 0 aliphatic carbocycles. The maximum Gasteiger partial charge on any atom is 0.335 e. The molecule has 4 nitrogen and oxygen atoms in total. The molecule has 2 aliphatic heterocycles. The van der Waals surface area contributed by atoms with Gasteiger partial charge in [0, 0.05) is 13.2 Å². The van der Waals surface area contributed by atoms with E-state index < -0.39 is 5.97 Å². The van der Waals surface area contributed by atoms with Crippen molar-refractivity contribution in [3.05, 3.63) is 24.0 Å². The Labute approximate surface area is 82.8 Å². The molecule has 1 N–H and O–H groups in total. The summed E-state index contributed by atoms with van der Waals surface area (Å²) >= 11 is 0. The number of rotatable bonds is 1. The topological polar surface area (TPSA) is 55.8 Å². The first-order valence-corrected chi connectivity index (χ1v) is 4.60. The maximum atomic E-state index is 10.2. The van der Waals surface area contributed by atoms with Crippen molar-refractivity contribution in [3.8, 4) is 0 Å². The first kappa shape index (κ1) is 10.8. The number of carboxylic acids is 1. The van der Waals surface area contributed by atoms with Crippen molar-refractivity contribution in [1.82, 2.24) is 0 Å². The summed E-state index contributed by atoms with van der Waals surface area (Å²) in [4.78, 5) is 10.2. The van der Waals surface area contributed by atoms with Crippen LogP contribution in [0.3, 0.4) is 0 Å². The van der Waals surface area contributed by atoms with Crippen LogP contribution in [0, 0.1) is 0 Å². The Morgan fingerprint density at radius 1 is 1.36 bits per heavy atom. The van der Waals surface area contributed by atoms with E-state index in [0.29, 0.717) is 12.2 Å². The van der Waals surface area contributed by atoms with E-state index in [-0.39, 0.29) is 0 Å². The van der Waals surface area contributed by atoms with Crippen molar-refractivity contribution < 1.29 is 19.4 Å². The number of ether oxygens (including phenoxy) is 2. The molecule has 0 atom stereocenters. The largest absolute Gasteiger partial charge is 0.497 e. The van der Waals surface area contributed by atoms with Gasteiger partial charge >= 0.3 is 5.97 Å². The zero-order valence-corrected chi connectivity index (χ0v) is 7.94. The van der Waals surface area contributed by atoms with Gasteiger partial charge in [-0.3, -0.25) is 0 Å². The van der Waals surface area contributed by atoms with E-state index in [4.69, 9.17) is 14.6 Å². The zero-order chi connectivity index (χ0) is 10.2. The summed E-state index contributed by atoms with van der Waals surface area (Å²) in [6.07, 6.45) is 6.87. The summed E-state index contributed by atoms with van der Waals surface area (Å²) in [5, 5.41) is 8.36. The second-order valence-corrected chi connectivity index (χ2v) is 2.92. The molecule has 0 unspecified atom stereocenters. The van der Waals surface area contributed by atoms with Gasteiger partial charge in [-0.15, -0.1) is 0 Å². The van der Waals surface area contributed by atoms with Gasteiger partial charge in [-0.2, -0.15) is 0 Å². The van der Waals surface area contributed by atoms with E-state index in [1.807, 2.05) is 0 Å². The van der Waals surface area contributed by atoms with Crippen LogP contribution in [-0.2, 0) is 14.3 Å². The highest BCUT2D eigenvalue weighted by atomic mass is 16.5. The molecule has 14 heavy (non-hydrogen) atoms. The molecule has 0 spiro atoms. The van der Waals surface area contributed by atoms with E-state index in [1.165, 1.54) is 31.3 Å². The van der Waals surface area contributed by atoms with Gasteiger partial charge in [0.25, 0.3) is 0 Å². The molecule has 0 aromatic rings. The Bertz CT molecular complexity index is 231. The van der Waals surface area contributed by atoms with Gasteiger partial charge in [-0.1, -0.05) is 0 Å². The molecular formula is C10H14O4. The lowest BCUT2D eigenvalue weighted by Crippen LogP contribution is -2.02. The minimum absolute atomic E-state index is 0.293. The molecule has 4 heteroatoms. The Hall–Kier alpha value is -1.29. The number of carboxylic acid groups (broad SMARTS) is 1. The monoisotopic (exact) mass is 198 g/mol. The second kappa shape index (κ2) is 6.21.